The van der Waals surface area contributed by atoms with Gasteiger partial charge in [0.25, 0.3) is 0 Å². The molecule has 2 aromatic carbocycles. The quantitative estimate of drug-likeness (QED) is 0.268. The molecule has 2 saturated heterocycles. The number of allylic oxidation sites excluding steroid dienone is 2. The molecule has 4 amide bonds. The second-order valence-corrected chi connectivity index (χ2v) is 12.6. The summed E-state index contributed by atoms with van der Waals surface area (Å²) in [6, 6.07) is 10.1. The fraction of sp³-hybridized carbons (Fsp3) is 0.303. The molecule has 2 aliphatic carbocycles. The summed E-state index contributed by atoms with van der Waals surface area (Å²) in [5.41, 5.74) is -1.07. The van der Waals surface area contributed by atoms with Crippen molar-refractivity contribution >= 4 is 52.6 Å². The van der Waals surface area contributed by atoms with Crippen LogP contribution in [-0.2, 0) is 25.8 Å². The Bertz CT molecular complexity index is 1920. The second-order valence-electron chi connectivity index (χ2n) is 12.2. The lowest BCUT2D eigenvalue weighted by Crippen LogP contribution is -2.48. The lowest BCUT2D eigenvalue weighted by atomic mass is 9.52. The molecule has 3 fully saturated rings. The first kappa shape index (κ1) is 29.9. The summed E-state index contributed by atoms with van der Waals surface area (Å²) < 4.78 is 20.0. The van der Waals surface area contributed by atoms with Crippen LogP contribution in [0.15, 0.2) is 64.6 Å². The Labute approximate surface area is 265 Å². The van der Waals surface area contributed by atoms with Gasteiger partial charge in [0.1, 0.15) is 35.3 Å². The Morgan fingerprint density at radius 1 is 1.00 bits per heavy atom. The van der Waals surface area contributed by atoms with E-state index in [0.29, 0.717) is 11.3 Å². The molecule has 3 aromatic rings. The van der Waals surface area contributed by atoms with Gasteiger partial charge in [0.2, 0.25) is 23.6 Å². The van der Waals surface area contributed by atoms with Gasteiger partial charge in [-0.1, -0.05) is 23.3 Å². The zero-order chi connectivity index (χ0) is 32.8. The highest BCUT2D eigenvalue weighted by atomic mass is 35.5. The standard InChI is InChI=1S/C33H26ClFN2O9/c1-33-21(29(41)37(32(33)45)14-3-8-23(35)22(34)10-14)12-20-17(27(33)25-9-4-16(13-38)46-25)6-7-19-26(20)30(42)36(28(19)40)15-2-5-18(31(43)44)24(39)11-15/h2-6,8-11,19-21,26-27,38-39H,7,12-13H2,1H3,(H,43,44)/t19-,20+,21-,26-,27+,33+/m0/s1. The van der Waals surface area contributed by atoms with Crippen LogP contribution in [0.2, 0.25) is 5.02 Å². The number of hydrogen-bond donors (Lipinski definition) is 3. The Morgan fingerprint density at radius 3 is 2.37 bits per heavy atom. The number of aromatic carboxylic acids is 1. The number of phenols is 1. The summed E-state index contributed by atoms with van der Waals surface area (Å²) in [5.74, 6) is -8.67. The Balaban J connectivity index is 1.33. The van der Waals surface area contributed by atoms with E-state index >= 15 is 0 Å². The third-order valence-corrected chi connectivity index (χ3v) is 10.3. The number of aliphatic hydroxyl groups excluding tert-OH is 1. The van der Waals surface area contributed by atoms with Crippen molar-refractivity contribution in [1.82, 2.24) is 0 Å². The molecule has 0 radical (unpaired) electrons. The summed E-state index contributed by atoms with van der Waals surface area (Å²) in [4.78, 5) is 69.7. The maximum atomic E-state index is 14.3. The first-order valence-corrected chi connectivity index (χ1v) is 14.9. The van der Waals surface area contributed by atoms with E-state index in [0.717, 1.165) is 28.0 Å². The van der Waals surface area contributed by atoms with Gasteiger partial charge in [-0.05, 0) is 68.1 Å². The number of halogens is 2. The fourth-order valence-electron chi connectivity index (χ4n) is 7.92. The van der Waals surface area contributed by atoms with Gasteiger partial charge in [-0.3, -0.25) is 19.2 Å². The molecule has 46 heavy (non-hydrogen) atoms. The largest absolute Gasteiger partial charge is 0.507 e. The molecule has 3 N–H and O–H groups in total. The van der Waals surface area contributed by atoms with Crippen LogP contribution in [-0.4, -0.2) is 44.9 Å². The monoisotopic (exact) mass is 648 g/mol. The van der Waals surface area contributed by atoms with Gasteiger partial charge in [-0.2, -0.15) is 0 Å². The van der Waals surface area contributed by atoms with Crippen LogP contribution in [0, 0.1) is 34.9 Å². The Hall–Kier alpha value is -4.81. The lowest BCUT2D eigenvalue weighted by Gasteiger charge is -2.48. The molecular weight excluding hydrogens is 623 g/mol. The summed E-state index contributed by atoms with van der Waals surface area (Å²) in [7, 11) is 0. The summed E-state index contributed by atoms with van der Waals surface area (Å²) in [6.45, 7) is 1.24. The number of furan rings is 1. The second kappa shape index (κ2) is 10.4. The molecule has 236 valence electrons. The Morgan fingerprint density at radius 2 is 1.72 bits per heavy atom. The van der Waals surface area contributed by atoms with E-state index in [4.69, 9.17) is 16.0 Å². The summed E-state index contributed by atoms with van der Waals surface area (Å²) >= 11 is 6.02. The first-order valence-electron chi connectivity index (χ1n) is 14.5. The molecule has 4 aliphatic rings. The number of aromatic hydroxyl groups is 1. The molecule has 13 heteroatoms. The Kier molecular flexibility index (Phi) is 6.73. The number of imide groups is 2. The molecule has 7 rings (SSSR count). The highest BCUT2D eigenvalue weighted by Crippen LogP contribution is 2.64. The van der Waals surface area contributed by atoms with E-state index in [1.165, 1.54) is 18.2 Å². The fourth-order valence-corrected chi connectivity index (χ4v) is 8.09. The van der Waals surface area contributed by atoms with Gasteiger partial charge in [0, 0.05) is 6.07 Å². The van der Waals surface area contributed by atoms with Crippen molar-refractivity contribution in [3.8, 4) is 5.75 Å². The number of aliphatic hydroxyl groups is 1. The van der Waals surface area contributed by atoms with Gasteiger partial charge < -0.3 is 19.7 Å². The summed E-state index contributed by atoms with van der Waals surface area (Å²) in [5, 5.41) is 29.1. The van der Waals surface area contributed by atoms with Crippen molar-refractivity contribution in [2.75, 3.05) is 9.80 Å². The minimum Gasteiger partial charge on any atom is -0.507 e. The maximum absolute atomic E-state index is 14.3. The molecule has 1 saturated carbocycles. The molecule has 0 spiro atoms. The van der Waals surface area contributed by atoms with Crippen molar-refractivity contribution in [1.29, 1.82) is 0 Å². The summed E-state index contributed by atoms with van der Waals surface area (Å²) in [6.07, 6.45) is 1.99. The van der Waals surface area contributed by atoms with Crippen LogP contribution in [0.3, 0.4) is 0 Å². The van der Waals surface area contributed by atoms with Gasteiger partial charge in [-0.25, -0.2) is 19.0 Å². The number of fused-ring (bicyclic) bond motifs is 4. The average molecular weight is 649 g/mol. The van der Waals surface area contributed by atoms with E-state index in [9.17, 15) is 43.7 Å². The predicted molar refractivity (Wildman–Crippen MR) is 158 cm³/mol. The van der Waals surface area contributed by atoms with E-state index in [2.05, 4.69) is 0 Å². The number of anilines is 2. The number of amides is 4. The van der Waals surface area contributed by atoms with Gasteiger partial charge >= 0.3 is 5.97 Å². The van der Waals surface area contributed by atoms with Crippen LogP contribution in [0.25, 0.3) is 0 Å². The molecule has 1 aromatic heterocycles. The highest BCUT2D eigenvalue weighted by molar-refractivity contribution is 6.32. The van der Waals surface area contributed by atoms with Crippen LogP contribution < -0.4 is 9.80 Å². The number of nitrogens with zero attached hydrogens (tertiary/aromatic N) is 2. The molecule has 0 unspecified atom stereocenters. The number of hydrogen-bond acceptors (Lipinski definition) is 8. The van der Waals surface area contributed by atoms with Crippen molar-refractivity contribution in [3.05, 3.63) is 88.1 Å². The smallest absolute Gasteiger partial charge is 0.339 e. The molecule has 2 aliphatic heterocycles. The van der Waals surface area contributed by atoms with E-state index < -0.39 is 88.3 Å². The van der Waals surface area contributed by atoms with Crippen LogP contribution >= 0.6 is 11.6 Å². The zero-order valence-corrected chi connectivity index (χ0v) is 24.9. The van der Waals surface area contributed by atoms with Crippen LogP contribution in [0.4, 0.5) is 15.8 Å². The van der Waals surface area contributed by atoms with E-state index in [1.54, 1.807) is 19.1 Å². The van der Waals surface area contributed by atoms with Gasteiger partial charge in [0.15, 0.2) is 0 Å². The minimum absolute atomic E-state index is 0.00996. The molecule has 0 bridgehead atoms. The molecular formula is C33H26ClFN2O9. The van der Waals surface area contributed by atoms with Gasteiger partial charge in [0.05, 0.1) is 45.5 Å². The minimum atomic E-state index is -1.42. The molecule has 3 heterocycles. The average Bonchev–Trinajstić information content (AvgIpc) is 3.65. The third kappa shape index (κ3) is 4.02. The van der Waals surface area contributed by atoms with Gasteiger partial charge in [-0.15, -0.1) is 0 Å². The van der Waals surface area contributed by atoms with Crippen molar-refractivity contribution in [2.45, 2.75) is 32.3 Å². The highest BCUT2D eigenvalue weighted by Gasteiger charge is 2.68. The van der Waals surface area contributed by atoms with Crippen LogP contribution in [0.5, 0.6) is 5.75 Å². The van der Waals surface area contributed by atoms with Crippen LogP contribution in [0.1, 0.15) is 47.6 Å². The lowest BCUT2D eigenvalue weighted by molar-refractivity contribution is -0.131. The molecule has 11 nitrogen and oxygen atoms in total. The van der Waals surface area contributed by atoms with Crippen molar-refractivity contribution in [2.24, 2.45) is 29.1 Å². The number of carboxylic acid groups (broad SMARTS) is 1. The van der Waals surface area contributed by atoms with E-state index in [-0.39, 0.29) is 35.0 Å². The number of carbonyl (C=O) groups is 5. The van der Waals surface area contributed by atoms with E-state index in [1.807, 2.05) is 6.08 Å². The number of benzene rings is 2. The number of carbonyl (C=O) groups excluding carboxylic acids is 4. The number of rotatable bonds is 5. The van der Waals surface area contributed by atoms with Crippen molar-refractivity contribution < 1.29 is 48.1 Å². The molecule has 6 atom stereocenters. The SMILES string of the molecule is C[C@@]12C(=O)N(c3ccc(F)c(Cl)c3)C(=O)[C@@H]1C[C@@H]1C(=CC[C@@H]3C(=O)N(c4ccc(C(=O)O)c(O)c4)C(=O)[C@@H]31)[C@@H]2c1ccc(CO)o1. The first-order chi connectivity index (χ1) is 21.9. The third-order valence-electron chi connectivity index (χ3n) is 10.0. The zero-order valence-electron chi connectivity index (χ0n) is 24.1. The normalized spacial score (nSPS) is 28.7. The van der Waals surface area contributed by atoms with Crippen molar-refractivity contribution in [3.63, 3.8) is 0 Å². The topological polar surface area (TPSA) is 166 Å². The predicted octanol–water partition coefficient (Wildman–Crippen LogP) is 4.40. The number of carboxylic acids is 1. The maximum Gasteiger partial charge on any atom is 0.339 e.